The Balaban J connectivity index is 3.04. The van der Waals surface area contributed by atoms with E-state index in [2.05, 4.69) is 0 Å². The van der Waals surface area contributed by atoms with E-state index < -0.39 is 6.10 Å². The van der Waals surface area contributed by atoms with Gasteiger partial charge >= 0.3 is 0 Å². The summed E-state index contributed by atoms with van der Waals surface area (Å²) in [5, 5.41) is 18.3. The third-order valence-electron chi connectivity index (χ3n) is 2.73. The van der Waals surface area contributed by atoms with E-state index in [1.807, 2.05) is 13.8 Å². The average Bonchev–Trinajstić information content (AvgIpc) is 2.26. The van der Waals surface area contributed by atoms with Crippen LogP contribution < -0.4 is 4.90 Å². The molecular weight excluding hydrogens is 221 g/mol. The fourth-order valence-corrected chi connectivity index (χ4v) is 1.78. The molecular formula is C13H20FNO2. The van der Waals surface area contributed by atoms with E-state index in [4.69, 9.17) is 5.11 Å². The van der Waals surface area contributed by atoms with Crippen LogP contribution in [0.25, 0.3) is 0 Å². The summed E-state index contributed by atoms with van der Waals surface area (Å²) in [7, 11) is 0. The minimum atomic E-state index is -0.677. The minimum Gasteiger partial charge on any atom is -0.395 e. The molecule has 0 aliphatic carbocycles. The summed E-state index contributed by atoms with van der Waals surface area (Å²) in [6, 6.07) is 4.80. The van der Waals surface area contributed by atoms with Crippen LogP contribution >= 0.6 is 0 Å². The van der Waals surface area contributed by atoms with Crippen LogP contribution in [0, 0.1) is 5.82 Å². The third-order valence-corrected chi connectivity index (χ3v) is 2.73. The highest BCUT2D eigenvalue weighted by Crippen LogP contribution is 2.24. The molecule has 0 radical (unpaired) electrons. The van der Waals surface area contributed by atoms with Gasteiger partial charge in [-0.3, -0.25) is 0 Å². The van der Waals surface area contributed by atoms with E-state index in [-0.39, 0.29) is 18.5 Å². The van der Waals surface area contributed by atoms with Crippen molar-refractivity contribution < 1.29 is 14.6 Å². The molecule has 1 unspecified atom stereocenters. The van der Waals surface area contributed by atoms with Crippen molar-refractivity contribution in [2.45, 2.75) is 32.9 Å². The molecule has 0 aliphatic heterocycles. The first kappa shape index (κ1) is 13.9. The van der Waals surface area contributed by atoms with Gasteiger partial charge in [0.15, 0.2) is 0 Å². The van der Waals surface area contributed by atoms with Crippen LogP contribution in [0.5, 0.6) is 0 Å². The summed E-state index contributed by atoms with van der Waals surface area (Å²) < 4.78 is 13.9. The number of halogens is 1. The lowest BCUT2D eigenvalue weighted by molar-refractivity contribution is 0.199. The van der Waals surface area contributed by atoms with Gasteiger partial charge in [-0.05, 0) is 38.5 Å². The number of nitrogens with zero attached hydrogens (tertiary/aromatic N) is 1. The summed E-state index contributed by atoms with van der Waals surface area (Å²) in [4.78, 5) is 1.79. The molecule has 0 saturated heterocycles. The molecule has 1 atom stereocenters. The molecule has 0 fully saturated rings. The van der Waals surface area contributed by atoms with Crippen LogP contribution in [0.15, 0.2) is 18.2 Å². The first-order valence-corrected chi connectivity index (χ1v) is 5.82. The molecule has 17 heavy (non-hydrogen) atoms. The van der Waals surface area contributed by atoms with Crippen molar-refractivity contribution >= 4 is 5.69 Å². The predicted molar refractivity (Wildman–Crippen MR) is 66.6 cm³/mol. The molecule has 2 N–H and O–H groups in total. The van der Waals surface area contributed by atoms with Gasteiger partial charge in [0, 0.05) is 12.6 Å². The SMILES string of the molecule is CC(O)c1ccc(N(CCO)C(C)C)c(F)c1. The van der Waals surface area contributed by atoms with E-state index >= 15 is 0 Å². The van der Waals surface area contributed by atoms with E-state index in [9.17, 15) is 9.50 Å². The van der Waals surface area contributed by atoms with Crippen LogP contribution in [0.1, 0.15) is 32.4 Å². The van der Waals surface area contributed by atoms with Crippen molar-refractivity contribution in [3.8, 4) is 0 Å². The van der Waals surface area contributed by atoms with E-state index in [1.54, 1.807) is 24.0 Å². The van der Waals surface area contributed by atoms with E-state index in [0.717, 1.165) is 0 Å². The maximum Gasteiger partial charge on any atom is 0.146 e. The molecule has 0 aliphatic rings. The Labute approximate surface area is 101 Å². The standard InChI is InChI=1S/C13H20FNO2/c1-9(2)15(6-7-16)13-5-4-11(10(3)17)8-12(13)14/h4-5,8-10,16-17H,6-7H2,1-3H3. The van der Waals surface area contributed by atoms with Crippen molar-refractivity contribution in [3.63, 3.8) is 0 Å². The molecule has 0 amide bonds. The molecule has 0 heterocycles. The Kier molecular flexibility index (Phi) is 4.90. The van der Waals surface area contributed by atoms with Crippen LogP contribution in [0.4, 0.5) is 10.1 Å². The first-order chi connectivity index (χ1) is 7.97. The number of anilines is 1. The van der Waals surface area contributed by atoms with Gasteiger partial charge in [-0.1, -0.05) is 6.07 Å². The lowest BCUT2D eigenvalue weighted by atomic mass is 10.1. The van der Waals surface area contributed by atoms with Crippen LogP contribution in [0.3, 0.4) is 0 Å². The predicted octanol–water partition coefficient (Wildman–Crippen LogP) is 2.09. The topological polar surface area (TPSA) is 43.7 Å². The molecule has 1 aromatic rings. The molecule has 1 aromatic carbocycles. The second kappa shape index (κ2) is 5.98. The number of benzene rings is 1. The second-order valence-electron chi connectivity index (χ2n) is 4.40. The monoisotopic (exact) mass is 241 g/mol. The number of aliphatic hydroxyl groups excluding tert-OH is 2. The maximum atomic E-state index is 13.9. The summed E-state index contributed by atoms with van der Waals surface area (Å²) in [6.45, 7) is 5.86. The minimum absolute atomic E-state index is 0.0181. The first-order valence-electron chi connectivity index (χ1n) is 5.82. The van der Waals surface area contributed by atoms with Crippen LogP contribution in [0.2, 0.25) is 0 Å². The third kappa shape index (κ3) is 3.41. The highest BCUT2D eigenvalue weighted by Gasteiger charge is 2.15. The molecule has 96 valence electrons. The number of rotatable bonds is 5. The lowest BCUT2D eigenvalue weighted by Crippen LogP contribution is -2.34. The van der Waals surface area contributed by atoms with Gasteiger partial charge in [-0.15, -0.1) is 0 Å². The summed E-state index contributed by atoms with van der Waals surface area (Å²) in [5.74, 6) is -0.370. The Morgan fingerprint density at radius 3 is 2.35 bits per heavy atom. The van der Waals surface area contributed by atoms with Crippen molar-refractivity contribution in [3.05, 3.63) is 29.6 Å². The zero-order valence-electron chi connectivity index (χ0n) is 10.5. The Hall–Kier alpha value is -1.13. The maximum absolute atomic E-state index is 13.9. The van der Waals surface area contributed by atoms with E-state index in [0.29, 0.717) is 17.8 Å². The van der Waals surface area contributed by atoms with Gasteiger partial charge in [-0.2, -0.15) is 0 Å². The number of hydrogen-bond donors (Lipinski definition) is 2. The second-order valence-corrected chi connectivity index (χ2v) is 4.40. The Morgan fingerprint density at radius 1 is 1.29 bits per heavy atom. The van der Waals surface area contributed by atoms with Crippen molar-refractivity contribution in [1.82, 2.24) is 0 Å². The number of aliphatic hydroxyl groups is 2. The van der Waals surface area contributed by atoms with Gasteiger partial charge < -0.3 is 15.1 Å². The highest BCUT2D eigenvalue weighted by atomic mass is 19.1. The van der Waals surface area contributed by atoms with Gasteiger partial charge in [-0.25, -0.2) is 4.39 Å². The normalized spacial score (nSPS) is 12.9. The molecule has 1 rings (SSSR count). The van der Waals surface area contributed by atoms with Crippen molar-refractivity contribution in [2.75, 3.05) is 18.1 Å². The molecule has 0 aromatic heterocycles. The van der Waals surface area contributed by atoms with Crippen molar-refractivity contribution in [2.24, 2.45) is 0 Å². The van der Waals surface area contributed by atoms with Crippen molar-refractivity contribution in [1.29, 1.82) is 0 Å². The van der Waals surface area contributed by atoms with Gasteiger partial charge in [0.25, 0.3) is 0 Å². The molecule has 0 saturated carbocycles. The largest absolute Gasteiger partial charge is 0.395 e. The highest BCUT2D eigenvalue weighted by molar-refractivity contribution is 5.50. The summed E-state index contributed by atoms with van der Waals surface area (Å²) in [5.41, 5.74) is 1.01. The summed E-state index contributed by atoms with van der Waals surface area (Å²) in [6.07, 6.45) is -0.677. The molecule has 3 nitrogen and oxygen atoms in total. The quantitative estimate of drug-likeness (QED) is 0.829. The van der Waals surface area contributed by atoms with E-state index in [1.165, 1.54) is 6.07 Å². The molecule has 0 bridgehead atoms. The Bertz CT molecular complexity index is 366. The fourth-order valence-electron chi connectivity index (χ4n) is 1.78. The average molecular weight is 241 g/mol. The zero-order chi connectivity index (χ0) is 13.0. The van der Waals surface area contributed by atoms with Gasteiger partial charge in [0.1, 0.15) is 5.82 Å². The smallest absolute Gasteiger partial charge is 0.146 e. The summed E-state index contributed by atoms with van der Waals surface area (Å²) >= 11 is 0. The van der Waals surface area contributed by atoms with Gasteiger partial charge in [0.05, 0.1) is 18.4 Å². The van der Waals surface area contributed by atoms with Gasteiger partial charge in [0.2, 0.25) is 0 Å². The zero-order valence-corrected chi connectivity index (χ0v) is 10.5. The lowest BCUT2D eigenvalue weighted by Gasteiger charge is -2.28. The molecule has 0 spiro atoms. The van der Waals surface area contributed by atoms with Crippen LogP contribution in [-0.2, 0) is 0 Å². The fraction of sp³-hybridized carbons (Fsp3) is 0.538. The Morgan fingerprint density at radius 2 is 1.94 bits per heavy atom. The number of hydrogen-bond acceptors (Lipinski definition) is 3. The molecule has 4 heteroatoms. The van der Waals surface area contributed by atoms with Crippen LogP contribution in [-0.4, -0.2) is 29.4 Å².